The van der Waals surface area contributed by atoms with Gasteiger partial charge in [-0.25, -0.2) is 4.98 Å². The van der Waals surface area contributed by atoms with Crippen LogP contribution in [0, 0.1) is 5.92 Å². The lowest BCUT2D eigenvalue weighted by atomic mass is 10.1. The van der Waals surface area contributed by atoms with Crippen molar-refractivity contribution in [2.45, 2.75) is 58.7 Å². The van der Waals surface area contributed by atoms with E-state index < -0.39 is 0 Å². The van der Waals surface area contributed by atoms with Crippen LogP contribution in [-0.4, -0.2) is 15.6 Å². The second-order valence-corrected chi connectivity index (χ2v) is 4.97. The fourth-order valence-electron chi connectivity index (χ4n) is 2.62. The van der Waals surface area contributed by atoms with E-state index in [9.17, 15) is 0 Å². The van der Waals surface area contributed by atoms with Crippen LogP contribution in [0.25, 0.3) is 0 Å². The molecule has 0 radical (unpaired) electrons. The fourth-order valence-corrected chi connectivity index (χ4v) is 2.62. The SMILES string of the molecule is CCCn1cncc1CNC1CCCC1C. The Morgan fingerprint density at radius 3 is 3.06 bits per heavy atom. The van der Waals surface area contributed by atoms with Crippen LogP contribution in [0.4, 0.5) is 0 Å². The summed E-state index contributed by atoms with van der Waals surface area (Å²) in [6.45, 7) is 6.61. The molecule has 0 aromatic carbocycles. The quantitative estimate of drug-likeness (QED) is 0.828. The van der Waals surface area contributed by atoms with E-state index in [0.717, 1.165) is 19.0 Å². The lowest BCUT2D eigenvalue weighted by Crippen LogP contribution is -2.31. The zero-order chi connectivity index (χ0) is 11.4. The third-order valence-corrected chi connectivity index (χ3v) is 3.67. The molecule has 0 bridgehead atoms. The van der Waals surface area contributed by atoms with Crippen LogP contribution in [0.1, 0.15) is 45.2 Å². The van der Waals surface area contributed by atoms with E-state index in [2.05, 4.69) is 28.7 Å². The van der Waals surface area contributed by atoms with Gasteiger partial charge in [0, 0.05) is 25.3 Å². The maximum Gasteiger partial charge on any atom is 0.0948 e. The summed E-state index contributed by atoms with van der Waals surface area (Å²) in [4.78, 5) is 4.23. The van der Waals surface area contributed by atoms with Gasteiger partial charge in [-0.3, -0.25) is 0 Å². The Labute approximate surface area is 98.3 Å². The van der Waals surface area contributed by atoms with Crippen molar-refractivity contribution in [1.82, 2.24) is 14.9 Å². The Bertz CT molecular complexity index is 319. The maximum atomic E-state index is 4.23. The van der Waals surface area contributed by atoms with Crippen molar-refractivity contribution in [3.8, 4) is 0 Å². The van der Waals surface area contributed by atoms with Crippen molar-refractivity contribution in [3.05, 3.63) is 18.2 Å². The van der Waals surface area contributed by atoms with Crippen LogP contribution in [0.3, 0.4) is 0 Å². The van der Waals surface area contributed by atoms with Crippen molar-refractivity contribution in [2.24, 2.45) is 5.92 Å². The van der Waals surface area contributed by atoms with E-state index in [1.165, 1.54) is 31.4 Å². The number of nitrogens with zero attached hydrogens (tertiary/aromatic N) is 2. The minimum Gasteiger partial charge on any atom is -0.333 e. The van der Waals surface area contributed by atoms with E-state index in [-0.39, 0.29) is 0 Å². The first-order valence-corrected chi connectivity index (χ1v) is 6.53. The molecule has 2 atom stereocenters. The van der Waals surface area contributed by atoms with E-state index in [4.69, 9.17) is 0 Å². The predicted octanol–water partition coefficient (Wildman–Crippen LogP) is 2.57. The molecule has 1 aliphatic carbocycles. The summed E-state index contributed by atoms with van der Waals surface area (Å²) in [6, 6.07) is 0.713. The second kappa shape index (κ2) is 5.48. The summed E-state index contributed by atoms with van der Waals surface area (Å²) in [5.41, 5.74) is 1.32. The van der Waals surface area contributed by atoms with Gasteiger partial charge in [-0.1, -0.05) is 20.3 Å². The molecular formula is C13H23N3. The fraction of sp³-hybridized carbons (Fsp3) is 0.769. The van der Waals surface area contributed by atoms with Gasteiger partial charge < -0.3 is 9.88 Å². The zero-order valence-corrected chi connectivity index (χ0v) is 10.4. The number of aromatic nitrogens is 2. The Balaban J connectivity index is 1.86. The molecule has 1 heterocycles. The lowest BCUT2D eigenvalue weighted by molar-refractivity contribution is 0.419. The number of imidazole rings is 1. The summed E-state index contributed by atoms with van der Waals surface area (Å²) in [5.74, 6) is 0.836. The van der Waals surface area contributed by atoms with Crippen molar-refractivity contribution >= 4 is 0 Å². The molecular weight excluding hydrogens is 198 g/mol. The van der Waals surface area contributed by atoms with Crippen molar-refractivity contribution in [2.75, 3.05) is 0 Å². The molecule has 0 aliphatic heterocycles. The van der Waals surface area contributed by atoms with Gasteiger partial charge in [0.15, 0.2) is 0 Å². The molecule has 3 nitrogen and oxygen atoms in total. The monoisotopic (exact) mass is 221 g/mol. The molecule has 0 saturated heterocycles. The highest BCUT2D eigenvalue weighted by molar-refractivity contribution is 4.98. The van der Waals surface area contributed by atoms with Gasteiger partial charge in [-0.05, 0) is 25.2 Å². The summed E-state index contributed by atoms with van der Waals surface area (Å²) in [7, 11) is 0. The van der Waals surface area contributed by atoms with E-state index >= 15 is 0 Å². The number of aryl methyl sites for hydroxylation is 1. The molecule has 90 valence electrons. The standard InChI is InChI=1S/C13H23N3/c1-3-7-16-10-14-8-12(16)9-15-13-6-4-5-11(13)2/h8,10-11,13,15H,3-7,9H2,1-2H3. The minimum atomic E-state index is 0.713. The van der Waals surface area contributed by atoms with Gasteiger partial charge in [-0.15, -0.1) is 0 Å². The topological polar surface area (TPSA) is 29.9 Å². The number of hydrogen-bond donors (Lipinski definition) is 1. The first kappa shape index (κ1) is 11.6. The first-order chi connectivity index (χ1) is 7.81. The molecule has 2 rings (SSSR count). The molecule has 1 fully saturated rings. The van der Waals surface area contributed by atoms with Crippen molar-refractivity contribution < 1.29 is 0 Å². The van der Waals surface area contributed by atoms with Crippen LogP contribution in [-0.2, 0) is 13.1 Å². The maximum absolute atomic E-state index is 4.23. The van der Waals surface area contributed by atoms with Crippen molar-refractivity contribution in [3.63, 3.8) is 0 Å². The number of hydrogen-bond acceptors (Lipinski definition) is 2. The number of rotatable bonds is 5. The summed E-state index contributed by atoms with van der Waals surface area (Å²) in [6.07, 6.45) is 9.20. The average molecular weight is 221 g/mol. The second-order valence-electron chi connectivity index (χ2n) is 4.97. The molecule has 2 unspecified atom stereocenters. The summed E-state index contributed by atoms with van der Waals surface area (Å²) in [5, 5.41) is 3.67. The molecule has 1 saturated carbocycles. The van der Waals surface area contributed by atoms with Crippen LogP contribution in [0.15, 0.2) is 12.5 Å². The molecule has 0 spiro atoms. The molecule has 1 N–H and O–H groups in total. The lowest BCUT2D eigenvalue weighted by Gasteiger charge is -2.17. The van der Waals surface area contributed by atoms with E-state index in [1.54, 1.807) is 0 Å². The molecule has 1 aromatic rings. The molecule has 1 aliphatic rings. The molecule has 3 heteroatoms. The Morgan fingerprint density at radius 2 is 2.38 bits per heavy atom. The Morgan fingerprint density at radius 1 is 1.50 bits per heavy atom. The molecule has 1 aromatic heterocycles. The third kappa shape index (κ3) is 2.64. The van der Waals surface area contributed by atoms with Gasteiger partial charge in [0.05, 0.1) is 12.0 Å². The van der Waals surface area contributed by atoms with Crippen molar-refractivity contribution in [1.29, 1.82) is 0 Å². The van der Waals surface area contributed by atoms with Gasteiger partial charge in [0.25, 0.3) is 0 Å². The van der Waals surface area contributed by atoms with Gasteiger partial charge in [0.1, 0.15) is 0 Å². The minimum absolute atomic E-state index is 0.713. The smallest absolute Gasteiger partial charge is 0.0948 e. The van der Waals surface area contributed by atoms with E-state index in [1.807, 2.05) is 12.5 Å². The highest BCUT2D eigenvalue weighted by Gasteiger charge is 2.22. The largest absolute Gasteiger partial charge is 0.333 e. The summed E-state index contributed by atoms with van der Waals surface area (Å²) >= 11 is 0. The van der Waals surface area contributed by atoms with Crippen LogP contribution in [0.2, 0.25) is 0 Å². The van der Waals surface area contributed by atoms with Gasteiger partial charge in [0.2, 0.25) is 0 Å². The third-order valence-electron chi connectivity index (χ3n) is 3.67. The van der Waals surface area contributed by atoms with Gasteiger partial charge >= 0.3 is 0 Å². The average Bonchev–Trinajstić information content (AvgIpc) is 2.86. The zero-order valence-electron chi connectivity index (χ0n) is 10.4. The van der Waals surface area contributed by atoms with Crippen LogP contribution in [0.5, 0.6) is 0 Å². The first-order valence-electron chi connectivity index (χ1n) is 6.53. The summed E-state index contributed by atoms with van der Waals surface area (Å²) < 4.78 is 2.26. The number of nitrogens with one attached hydrogen (secondary N) is 1. The predicted molar refractivity (Wildman–Crippen MR) is 66.2 cm³/mol. The van der Waals surface area contributed by atoms with E-state index in [0.29, 0.717) is 6.04 Å². The highest BCUT2D eigenvalue weighted by atomic mass is 15.1. The molecule has 16 heavy (non-hydrogen) atoms. The Hall–Kier alpha value is -0.830. The van der Waals surface area contributed by atoms with Crippen LogP contribution < -0.4 is 5.32 Å². The van der Waals surface area contributed by atoms with Gasteiger partial charge in [-0.2, -0.15) is 0 Å². The highest BCUT2D eigenvalue weighted by Crippen LogP contribution is 2.24. The Kier molecular flexibility index (Phi) is 3.99. The normalized spacial score (nSPS) is 25.1. The molecule has 0 amide bonds. The van der Waals surface area contributed by atoms with Crippen LogP contribution >= 0.6 is 0 Å².